The molecule has 0 spiro atoms. The second-order valence-electron chi connectivity index (χ2n) is 6.89. The number of ether oxygens (including phenoxy) is 2. The van der Waals surface area contributed by atoms with E-state index in [9.17, 15) is 10.2 Å². The summed E-state index contributed by atoms with van der Waals surface area (Å²) in [4.78, 5) is 0. The van der Waals surface area contributed by atoms with Gasteiger partial charge in [0.05, 0.1) is 16.9 Å². The molecule has 0 amide bonds. The molecule has 0 unspecified atom stereocenters. The first-order valence-electron chi connectivity index (χ1n) is 9.72. The van der Waals surface area contributed by atoms with Crippen LogP contribution in [0.25, 0.3) is 0 Å². The van der Waals surface area contributed by atoms with Gasteiger partial charge >= 0.3 is 0 Å². The Hall–Kier alpha value is -4.76. The van der Waals surface area contributed by atoms with E-state index in [0.29, 0.717) is 28.6 Å². The SMILES string of the molecule is Nc1cc(Oc2cccc(C#Cc3ccccc3)c2Oc2ccc(O)c(N)c2)ccc1O. The molecule has 0 heterocycles. The van der Waals surface area contributed by atoms with Crippen LogP contribution in [0.3, 0.4) is 0 Å². The number of aromatic hydroxyl groups is 2. The Balaban J connectivity index is 1.76. The van der Waals surface area contributed by atoms with Gasteiger partial charge in [-0.1, -0.05) is 36.1 Å². The minimum absolute atomic E-state index is 0.0316. The first-order chi connectivity index (χ1) is 15.5. The highest BCUT2D eigenvalue weighted by Gasteiger charge is 2.14. The van der Waals surface area contributed by atoms with Gasteiger partial charge in [0.15, 0.2) is 11.5 Å². The summed E-state index contributed by atoms with van der Waals surface area (Å²) in [5.41, 5.74) is 13.4. The van der Waals surface area contributed by atoms with Gasteiger partial charge in [-0.15, -0.1) is 0 Å². The maximum Gasteiger partial charge on any atom is 0.185 e. The highest BCUT2D eigenvalue weighted by molar-refractivity contribution is 5.61. The molecule has 4 aromatic rings. The molecular formula is C26H20N2O4. The van der Waals surface area contributed by atoms with E-state index in [-0.39, 0.29) is 22.9 Å². The van der Waals surface area contributed by atoms with E-state index >= 15 is 0 Å². The van der Waals surface area contributed by atoms with E-state index in [4.69, 9.17) is 20.9 Å². The second-order valence-corrected chi connectivity index (χ2v) is 6.89. The summed E-state index contributed by atoms with van der Waals surface area (Å²) in [6, 6.07) is 24.0. The zero-order valence-corrected chi connectivity index (χ0v) is 16.9. The summed E-state index contributed by atoms with van der Waals surface area (Å²) in [6.45, 7) is 0. The molecule has 0 aliphatic carbocycles. The molecule has 4 aromatic carbocycles. The lowest BCUT2D eigenvalue weighted by atomic mass is 10.1. The molecule has 0 fully saturated rings. The Bertz CT molecular complexity index is 1320. The predicted molar refractivity (Wildman–Crippen MR) is 124 cm³/mol. The molecule has 0 atom stereocenters. The minimum Gasteiger partial charge on any atom is -0.506 e. The Kier molecular flexibility index (Phi) is 5.73. The number of hydrogen-bond acceptors (Lipinski definition) is 6. The fourth-order valence-electron chi connectivity index (χ4n) is 2.90. The highest BCUT2D eigenvalue weighted by atomic mass is 16.5. The van der Waals surface area contributed by atoms with Gasteiger partial charge in [-0.2, -0.15) is 0 Å². The monoisotopic (exact) mass is 424 g/mol. The average Bonchev–Trinajstić information content (AvgIpc) is 2.79. The molecule has 0 aliphatic rings. The summed E-state index contributed by atoms with van der Waals surface area (Å²) < 4.78 is 12.1. The zero-order valence-electron chi connectivity index (χ0n) is 16.9. The molecule has 6 N–H and O–H groups in total. The summed E-state index contributed by atoms with van der Waals surface area (Å²) in [7, 11) is 0. The molecule has 6 nitrogen and oxygen atoms in total. The molecule has 32 heavy (non-hydrogen) atoms. The van der Waals surface area contributed by atoms with Gasteiger partial charge in [0.2, 0.25) is 0 Å². The number of para-hydroxylation sites is 1. The van der Waals surface area contributed by atoms with Crippen LogP contribution in [0, 0.1) is 11.8 Å². The fraction of sp³-hybridized carbons (Fsp3) is 0. The van der Waals surface area contributed by atoms with Crippen LogP contribution in [-0.2, 0) is 0 Å². The second kappa shape index (κ2) is 8.94. The summed E-state index contributed by atoms with van der Waals surface area (Å²) in [5.74, 6) is 7.75. The van der Waals surface area contributed by atoms with E-state index in [1.54, 1.807) is 24.3 Å². The van der Waals surface area contributed by atoms with Gasteiger partial charge in [-0.25, -0.2) is 0 Å². The smallest absolute Gasteiger partial charge is 0.185 e. The number of nitrogen functional groups attached to an aromatic ring is 2. The van der Waals surface area contributed by atoms with Gasteiger partial charge in [0.25, 0.3) is 0 Å². The Morgan fingerprint density at radius 3 is 1.88 bits per heavy atom. The summed E-state index contributed by atoms with van der Waals surface area (Å²) in [5, 5.41) is 19.4. The molecule has 6 heteroatoms. The number of phenolic OH excluding ortho intramolecular Hbond substituents is 2. The van der Waals surface area contributed by atoms with Crippen molar-refractivity contribution in [2.45, 2.75) is 0 Å². The van der Waals surface area contributed by atoms with Crippen molar-refractivity contribution in [2.75, 3.05) is 11.5 Å². The Morgan fingerprint density at radius 1 is 0.625 bits per heavy atom. The topological polar surface area (TPSA) is 111 Å². The highest BCUT2D eigenvalue weighted by Crippen LogP contribution is 2.39. The van der Waals surface area contributed by atoms with Crippen molar-refractivity contribution in [2.24, 2.45) is 0 Å². The lowest BCUT2D eigenvalue weighted by molar-refractivity contribution is 0.416. The van der Waals surface area contributed by atoms with Crippen LogP contribution in [0.5, 0.6) is 34.5 Å². The molecular weight excluding hydrogens is 404 g/mol. The summed E-state index contributed by atoms with van der Waals surface area (Å²) >= 11 is 0. The number of hydrogen-bond donors (Lipinski definition) is 4. The van der Waals surface area contributed by atoms with Crippen molar-refractivity contribution >= 4 is 11.4 Å². The molecule has 0 aromatic heterocycles. The van der Waals surface area contributed by atoms with Gasteiger partial charge in [-0.05, 0) is 48.5 Å². The quantitative estimate of drug-likeness (QED) is 0.202. The molecule has 158 valence electrons. The van der Waals surface area contributed by atoms with Gasteiger partial charge in [0.1, 0.15) is 23.0 Å². The number of nitrogens with two attached hydrogens (primary N) is 2. The third kappa shape index (κ3) is 4.69. The number of benzene rings is 4. The van der Waals surface area contributed by atoms with Crippen molar-refractivity contribution in [1.29, 1.82) is 0 Å². The molecule has 0 saturated carbocycles. The largest absolute Gasteiger partial charge is 0.506 e. The van der Waals surface area contributed by atoms with Crippen LogP contribution < -0.4 is 20.9 Å². The summed E-state index contributed by atoms with van der Waals surface area (Å²) in [6.07, 6.45) is 0. The zero-order chi connectivity index (χ0) is 22.5. The van der Waals surface area contributed by atoms with Crippen LogP contribution in [0.15, 0.2) is 84.9 Å². The third-order valence-electron chi connectivity index (χ3n) is 4.54. The predicted octanol–water partition coefficient (Wildman–Crippen LogP) is 5.25. The Labute approximate surface area is 185 Å². The molecule has 0 saturated heterocycles. The molecule has 0 aliphatic heterocycles. The minimum atomic E-state index is -0.0365. The van der Waals surface area contributed by atoms with Crippen LogP contribution in [0.2, 0.25) is 0 Å². The third-order valence-corrected chi connectivity index (χ3v) is 4.54. The molecule has 4 rings (SSSR count). The lowest BCUT2D eigenvalue weighted by Crippen LogP contribution is -1.95. The molecule has 0 radical (unpaired) electrons. The van der Waals surface area contributed by atoms with Crippen molar-refractivity contribution in [3.05, 3.63) is 96.1 Å². The fourth-order valence-corrected chi connectivity index (χ4v) is 2.90. The average molecular weight is 424 g/mol. The number of phenols is 2. The standard InChI is InChI=1S/C26H20N2O4/c27-21-15-19(11-13-23(21)29)31-25-8-4-7-18(10-9-17-5-2-1-3-6-17)26(25)32-20-12-14-24(30)22(28)16-20/h1-8,11-16,29-30H,27-28H2. The number of anilines is 2. The maximum absolute atomic E-state index is 9.71. The van der Waals surface area contributed by atoms with E-state index in [1.165, 1.54) is 24.3 Å². The van der Waals surface area contributed by atoms with E-state index in [1.807, 2.05) is 36.4 Å². The Morgan fingerprint density at radius 2 is 1.25 bits per heavy atom. The van der Waals surface area contributed by atoms with Gasteiger partial charge in [-0.3, -0.25) is 0 Å². The number of rotatable bonds is 4. The van der Waals surface area contributed by atoms with Crippen LogP contribution in [0.1, 0.15) is 11.1 Å². The van der Waals surface area contributed by atoms with Crippen LogP contribution in [0.4, 0.5) is 11.4 Å². The van der Waals surface area contributed by atoms with Gasteiger partial charge in [0, 0.05) is 17.7 Å². The van der Waals surface area contributed by atoms with E-state index in [0.717, 1.165) is 5.56 Å². The van der Waals surface area contributed by atoms with E-state index in [2.05, 4.69) is 11.8 Å². The lowest BCUT2D eigenvalue weighted by Gasteiger charge is -2.15. The first-order valence-corrected chi connectivity index (χ1v) is 9.72. The normalized spacial score (nSPS) is 10.1. The van der Waals surface area contributed by atoms with Crippen molar-refractivity contribution in [3.8, 4) is 46.3 Å². The first kappa shape index (κ1) is 20.5. The van der Waals surface area contributed by atoms with Crippen molar-refractivity contribution in [1.82, 2.24) is 0 Å². The van der Waals surface area contributed by atoms with E-state index < -0.39 is 0 Å². The van der Waals surface area contributed by atoms with Crippen molar-refractivity contribution in [3.63, 3.8) is 0 Å². The van der Waals surface area contributed by atoms with Crippen LogP contribution in [-0.4, -0.2) is 10.2 Å². The van der Waals surface area contributed by atoms with Crippen LogP contribution >= 0.6 is 0 Å². The molecule has 0 bridgehead atoms. The van der Waals surface area contributed by atoms with Crippen molar-refractivity contribution < 1.29 is 19.7 Å². The maximum atomic E-state index is 9.71. The van der Waals surface area contributed by atoms with Gasteiger partial charge < -0.3 is 31.2 Å².